The molecule has 0 aliphatic carbocycles. The van der Waals surface area contributed by atoms with Gasteiger partial charge in [-0.2, -0.15) is 0 Å². The lowest BCUT2D eigenvalue weighted by Crippen LogP contribution is -2.58. The number of amides is 4. The van der Waals surface area contributed by atoms with Gasteiger partial charge in [0.25, 0.3) is 0 Å². The van der Waals surface area contributed by atoms with Crippen molar-refractivity contribution < 1.29 is 19.1 Å². The molecule has 0 spiro atoms. The van der Waals surface area contributed by atoms with Gasteiger partial charge in [0.05, 0.1) is 11.0 Å². The van der Waals surface area contributed by atoms with Crippen molar-refractivity contribution in [2.75, 3.05) is 32.7 Å². The summed E-state index contributed by atoms with van der Waals surface area (Å²) in [7, 11) is 0. The lowest BCUT2D eigenvalue weighted by atomic mass is 10.3. The Balaban J connectivity index is 1.60. The van der Waals surface area contributed by atoms with E-state index in [1.54, 1.807) is 24.1 Å². The first-order valence-corrected chi connectivity index (χ1v) is 8.97. The normalized spacial score (nSPS) is 21.0. The van der Waals surface area contributed by atoms with Crippen molar-refractivity contribution in [3.05, 3.63) is 22.8 Å². The first kappa shape index (κ1) is 17.7. The van der Waals surface area contributed by atoms with Crippen LogP contribution in [0.2, 0.25) is 0 Å². The van der Waals surface area contributed by atoms with Crippen LogP contribution in [0.4, 0.5) is 4.79 Å². The van der Waals surface area contributed by atoms with E-state index in [1.165, 1.54) is 4.90 Å². The molecule has 9 heteroatoms. The van der Waals surface area contributed by atoms with Gasteiger partial charge in [-0.3, -0.25) is 14.5 Å². The Morgan fingerprint density at radius 1 is 1.32 bits per heavy atom. The number of piperazine rings is 1. The summed E-state index contributed by atoms with van der Waals surface area (Å²) >= 11 is 3.37. The molecule has 0 aromatic carbocycles. The predicted molar refractivity (Wildman–Crippen MR) is 91.9 cm³/mol. The monoisotopic (exact) mass is 410 g/mol. The molecule has 4 amide bonds. The number of halogens is 1. The highest BCUT2D eigenvalue weighted by Gasteiger charge is 2.39. The van der Waals surface area contributed by atoms with Crippen molar-refractivity contribution in [3.63, 3.8) is 0 Å². The van der Waals surface area contributed by atoms with Crippen LogP contribution in [0.5, 0.6) is 5.88 Å². The maximum absolute atomic E-state index is 12.6. The van der Waals surface area contributed by atoms with Gasteiger partial charge in [0, 0.05) is 38.8 Å². The van der Waals surface area contributed by atoms with Crippen LogP contribution in [-0.4, -0.2) is 76.4 Å². The highest BCUT2D eigenvalue weighted by molar-refractivity contribution is 9.10. The third-order valence-corrected chi connectivity index (χ3v) is 4.94. The summed E-state index contributed by atoms with van der Waals surface area (Å²) in [6.45, 7) is 3.71. The third-order valence-electron chi connectivity index (χ3n) is 4.34. The molecule has 1 aromatic heterocycles. The number of aromatic nitrogens is 1. The fourth-order valence-electron chi connectivity index (χ4n) is 2.94. The molecule has 0 N–H and O–H groups in total. The van der Waals surface area contributed by atoms with Crippen LogP contribution >= 0.6 is 15.9 Å². The van der Waals surface area contributed by atoms with Crippen molar-refractivity contribution in [2.24, 2.45) is 0 Å². The number of hydrogen-bond donors (Lipinski definition) is 0. The molecule has 0 saturated carbocycles. The number of likely N-dealkylation sites (N-methyl/N-ethyl adjacent to an activating group) is 1. The molecule has 0 radical (unpaired) electrons. The summed E-state index contributed by atoms with van der Waals surface area (Å²) in [4.78, 5) is 44.9. The van der Waals surface area contributed by atoms with E-state index in [0.717, 1.165) is 9.37 Å². The van der Waals surface area contributed by atoms with Gasteiger partial charge in [0.2, 0.25) is 5.88 Å². The maximum Gasteiger partial charge on any atom is 0.327 e. The number of imide groups is 1. The molecule has 25 heavy (non-hydrogen) atoms. The van der Waals surface area contributed by atoms with E-state index in [-0.39, 0.29) is 12.6 Å². The van der Waals surface area contributed by atoms with E-state index in [0.29, 0.717) is 38.5 Å². The molecule has 134 valence electrons. The average Bonchev–Trinajstić information content (AvgIpc) is 3.07. The number of ether oxygens (including phenoxy) is 1. The van der Waals surface area contributed by atoms with E-state index in [9.17, 15) is 14.4 Å². The standard InChI is InChI=1S/C16H19BrN4O4/c1-2-19-8-9-21(15(23)14(19)22)16(24)20-7-5-11(10-20)25-13-12(17)4-3-6-18-13/h3-4,6,11H,2,5,7-10H2,1H3. The van der Waals surface area contributed by atoms with Crippen molar-refractivity contribution in [1.82, 2.24) is 19.7 Å². The zero-order chi connectivity index (χ0) is 18.0. The van der Waals surface area contributed by atoms with Crippen molar-refractivity contribution in [2.45, 2.75) is 19.4 Å². The van der Waals surface area contributed by atoms with Gasteiger partial charge >= 0.3 is 17.8 Å². The number of carbonyl (C=O) groups is 3. The molecule has 2 aliphatic heterocycles. The number of rotatable bonds is 3. The largest absolute Gasteiger partial charge is 0.472 e. The molecular weight excluding hydrogens is 392 g/mol. The average molecular weight is 411 g/mol. The molecule has 1 unspecified atom stereocenters. The van der Waals surface area contributed by atoms with Gasteiger partial charge < -0.3 is 14.5 Å². The Bertz CT molecular complexity index is 698. The smallest absolute Gasteiger partial charge is 0.327 e. The summed E-state index contributed by atoms with van der Waals surface area (Å²) < 4.78 is 6.57. The van der Waals surface area contributed by atoms with E-state index >= 15 is 0 Å². The van der Waals surface area contributed by atoms with Crippen molar-refractivity contribution in [3.8, 4) is 5.88 Å². The van der Waals surface area contributed by atoms with Crippen LogP contribution < -0.4 is 4.74 Å². The summed E-state index contributed by atoms with van der Waals surface area (Å²) in [5, 5.41) is 0. The highest BCUT2D eigenvalue weighted by Crippen LogP contribution is 2.25. The molecular formula is C16H19BrN4O4. The Morgan fingerprint density at radius 2 is 2.12 bits per heavy atom. The second-order valence-electron chi connectivity index (χ2n) is 5.89. The van der Waals surface area contributed by atoms with Crippen LogP contribution in [0.15, 0.2) is 22.8 Å². The van der Waals surface area contributed by atoms with Crippen LogP contribution in [0.1, 0.15) is 13.3 Å². The Hall–Kier alpha value is -2.16. The molecule has 2 aliphatic rings. The summed E-state index contributed by atoms with van der Waals surface area (Å²) in [5.74, 6) is -0.897. The van der Waals surface area contributed by atoms with Crippen LogP contribution in [0, 0.1) is 0 Å². The number of nitrogens with zero attached hydrogens (tertiary/aromatic N) is 4. The highest BCUT2D eigenvalue weighted by atomic mass is 79.9. The fraction of sp³-hybridized carbons (Fsp3) is 0.500. The van der Waals surface area contributed by atoms with Crippen LogP contribution in [0.3, 0.4) is 0 Å². The topological polar surface area (TPSA) is 83.0 Å². The van der Waals surface area contributed by atoms with E-state index in [2.05, 4.69) is 20.9 Å². The number of pyridine rings is 1. The second kappa shape index (κ2) is 7.38. The number of urea groups is 1. The Labute approximate surface area is 153 Å². The molecule has 1 aromatic rings. The molecule has 2 fully saturated rings. The molecule has 3 rings (SSSR count). The fourth-order valence-corrected chi connectivity index (χ4v) is 3.29. The number of carbonyl (C=O) groups excluding carboxylic acids is 3. The van der Waals surface area contributed by atoms with E-state index < -0.39 is 17.8 Å². The van der Waals surface area contributed by atoms with Crippen LogP contribution in [0.25, 0.3) is 0 Å². The van der Waals surface area contributed by atoms with Crippen molar-refractivity contribution in [1.29, 1.82) is 0 Å². The Morgan fingerprint density at radius 3 is 2.84 bits per heavy atom. The lowest BCUT2D eigenvalue weighted by molar-refractivity contribution is -0.153. The second-order valence-corrected chi connectivity index (χ2v) is 6.74. The third kappa shape index (κ3) is 3.60. The van der Waals surface area contributed by atoms with E-state index in [1.807, 2.05) is 6.07 Å². The first-order chi connectivity index (χ1) is 12.0. The Kier molecular flexibility index (Phi) is 5.22. The zero-order valence-corrected chi connectivity index (χ0v) is 15.4. The maximum atomic E-state index is 12.6. The quantitative estimate of drug-likeness (QED) is 0.696. The van der Waals surface area contributed by atoms with Gasteiger partial charge in [-0.15, -0.1) is 0 Å². The molecule has 2 saturated heterocycles. The molecule has 0 bridgehead atoms. The number of hydrogen-bond acceptors (Lipinski definition) is 5. The minimum absolute atomic E-state index is 0.196. The summed E-state index contributed by atoms with van der Waals surface area (Å²) in [5.41, 5.74) is 0. The molecule has 1 atom stereocenters. The zero-order valence-electron chi connectivity index (χ0n) is 13.9. The number of likely N-dealkylation sites (tertiary alicyclic amines) is 1. The summed E-state index contributed by atoms with van der Waals surface area (Å²) in [6, 6.07) is 3.19. The SMILES string of the molecule is CCN1CCN(C(=O)N2CCC(Oc3ncccc3Br)C2)C(=O)C1=O. The molecule has 3 heterocycles. The first-order valence-electron chi connectivity index (χ1n) is 8.18. The van der Waals surface area contributed by atoms with Gasteiger partial charge in [0.1, 0.15) is 6.10 Å². The molecule has 8 nitrogen and oxygen atoms in total. The van der Waals surface area contributed by atoms with Crippen LogP contribution in [-0.2, 0) is 9.59 Å². The predicted octanol–water partition coefficient (Wildman–Crippen LogP) is 1.11. The lowest BCUT2D eigenvalue weighted by Gasteiger charge is -2.33. The van der Waals surface area contributed by atoms with Gasteiger partial charge in [0.15, 0.2) is 0 Å². The summed E-state index contributed by atoms with van der Waals surface area (Å²) in [6.07, 6.45) is 2.08. The van der Waals surface area contributed by atoms with Crippen molar-refractivity contribution >= 4 is 33.8 Å². The van der Waals surface area contributed by atoms with Gasteiger partial charge in [-0.1, -0.05) is 0 Å². The minimum Gasteiger partial charge on any atom is -0.472 e. The van der Waals surface area contributed by atoms with Gasteiger partial charge in [-0.25, -0.2) is 9.78 Å². The van der Waals surface area contributed by atoms with E-state index in [4.69, 9.17) is 4.74 Å². The minimum atomic E-state index is -0.755. The van der Waals surface area contributed by atoms with Gasteiger partial charge in [-0.05, 0) is 35.0 Å².